The van der Waals surface area contributed by atoms with Crippen LogP contribution in [0.4, 0.5) is 8.78 Å². The SMILES string of the molecule is Cn1cc(S(=O)(=O)N2CCN(Cc3nccn3C(F)F)CC2)cc1C(N)=O. The van der Waals surface area contributed by atoms with Crippen molar-refractivity contribution in [3.05, 3.63) is 36.2 Å². The normalized spacial score (nSPS) is 16.9. The van der Waals surface area contributed by atoms with Crippen molar-refractivity contribution in [1.82, 2.24) is 23.3 Å². The van der Waals surface area contributed by atoms with E-state index in [4.69, 9.17) is 5.73 Å². The molecule has 2 aromatic rings. The molecule has 9 nitrogen and oxygen atoms in total. The molecule has 3 rings (SSSR count). The van der Waals surface area contributed by atoms with Gasteiger partial charge in [0.25, 0.3) is 5.91 Å². The van der Waals surface area contributed by atoms with Crippen molar-refractivity contribution in [2.24, 2.45) is 12.8 Å². The molecule has 0 radical (unpaired) electrons. The molecule has 0 saturated carbocycles. The van der Waals surface area contributed by atoms with E-state index in [0.29, 0.717) is 13.1 Å². The summed E-state index contributed by atoms with van der Waals surface area (Å²) in [6, 6.07) is 1.25. The average Bonchev–Trinajstić information content (AvgIpc) is 3.22. The molecule has 12 heteroatoms. The van der Waals surface area contributed by atoms with Gasteiger partial charge in [-0.05, 0) is 6.07 Å². The minimum Gasteiger partial charge on any atom is -0.364 e. The number of carbonyl (C=O) groups is 1. The lowest BCUT2D eigenvalue weighted by molar-refractivity contribution is 0.0626. The topological polar surface area (TPSA) is 106 Å². The molecule has 1 aliphatic heterocycles. The van der Waals surface area contributed by atoms with Crippen molar-refractivity contribution >= 4 is 15.9 Å². The first-order chi connectivity index (χ1) is 12.7. The third kappa shape index (κ3) is 3.87. The van der Waals surface area contributed by atoms with Gasteiger partial charge in [-0.1, -0.05) is 0 Å². The van der Waals surface area contributed by atoms with E-state index in [2.05, 4.69) is 4.98 Å². The third-order valence-corrected chi connectivity index (χ3v) is 6.39. The van der Waals surface area contributed by atoms with E-state index in [-0.39, 0.29) is 36.0 Å². The molecule has 2 N–H and O–H groups in total. The number of hydrogen-bond donors (Lipinski definition) is 1. The molecule has 0 atom stereocenters. The Kier molecular flexibility index (Phi) is 5.31. The Morgan fingerprint density at radius 1 is 1.30 bits per heavy atom. The standard InChI is InChI=1S/C15H20F2N6O3S/c1-20-9-11(8-12(20)14(18)24)27(25,26)22-6-4-21(5-7-22)10-13-19-2-3-23(13)15(16)17/h2-3,8-9,15H,4-7,10H2,1H3,(H2,18,24). The van der Waals surface area contributed by atoms with Gasteiger partial charge >= 0.3 is 6.55 Å². The lowest BCUT2D eigenvalue weighted by atomic mass is 10.3. The maximum absolute atomic E-state index is 12.9. The maximum atomic E-state index is 12.9. The number of rotatable bonds is 6. The van der Waals surface area contributed by atoms with E-state index in [1.165, 1.54) is 33.5 Å². The highest BCUT2D eigenvalue weighted by molar-refractivity contribution is 7.89. The predicted molar refractivity (Wildman–Crippen MR) is 91.4 cm³/mol. The molecule has 27 heavy (non-hydrogen) atoms. The molecule has 0 aliphatic carbocycles. The van der Waals surface area contributed by atoms with Crippen LogP contribution in [-0.2, 0) is 23.6 Å². The number of nitrogens with two attached hydrogens (primary N) is 1. The molecule has 2 aromatic heterocycles. The fraction of sp³-hybridized carbons (Fsp3) is 0.467. The van der Waals surface area contributed by atoms with Crippen molar-refractivity contribution < 1.29 is 22.0 Å². The van der Waals surface area contributed by atoms with Crippen molar-refractivity contribution in [3.8, 4) is 0 Å². The Labute approximate surface area is 155 Å². The van der Waals surface area contributed by atoms with Gasteiger partial charge in [0.05, 0.1) is 6.54 Å². The van der Waals surface area contributed by atoms with Gasteiger partial charge in [-0.25, -0.2) is 13.4 Å². The molecule has 1 fully saturated rings. The summed E-state index contributed by atoms with van der Waals surface area (Å²) >= 11 is 0. The summed E-state index contributed by atoms with van der Waals surface area (Å²) in [6.45, 7) is -1.28. The molecule has 148 valence electrons. The number of primary amides is 1. The van der Waals surface area contributed by atoms with E-state index in [1.807, 2.05) is 4.90 Å². The monoisotopic (exact) mass is 402 g/mol. The second-order valence-corrected chi connectivity index (χ2v) is 8.18. The van der Waals surface area contributed by atoms with Crippen LogP contribution < -0.4 is 5.73 Å². The number of nitrogens with zero attached hydrogens (tertiary/aromatic N) is 5. The van der Waals surface area contributed by atoms with E-state index >= 15 is 0 Å². The van der Waals surface area contributed by atoms with Crippen LogP contribution in [0.5, 0.6) is 0 Å². The Hall–Kier alpha value is -2.31. The molecule has 1 saturated heterocycles. The Morgan fingerprint density at radius 3 is 2.52 bits per heavy atom. The smallest absolute Gasteiger partial charge is 0.319 e. The number of halogens is 2. The summed E-state index contributed by atoms with van der Waals surface area (Å²) in [4.78, 5) is 17.1. The summed E-state index contributed by atoms with van der Waals surface area (Å²) in [6.07, 6.45) is 3.88. The maximum Gasteiger partial charge on any atom is 0.319 e. The van der Waals surface area contributed by atoms with Crippen LogP contribution in [0.25, 0.3) is 0 Å². The van der Waals surface area contributed by atoms with Crippen LogP contribution in [0, 0.1) is 0 Å². The fourth-order valence-corrected chi connectivity index (χ4v) is 4.54. The second-order valence-electron chi connectivity index (χ2n) is 6.24. The van der Waals surface area contributed by atoms with Gasteiger partial charge < -0.3 is 10.3 Å². The van der Waals surface area contributed by atoms with Crippen molar-refractivity contribution in [3.63, 3.8) is 0 Å². The first-order valence-corrected chi connectivity index (χ1v) is 9.62. The zero-order valence-corrected chi connectivity index (χ0v) is 15.4. The highest BCUT2D eigenvalue weighted by Gasteiger charge is 2.30. The first kappa shape index (κ1) is 19.5. The highest BCUT2D eigenvalue weighted by atomic mass is 32.2. The number of sulfonamides is 1. The lowest BCUT2D eigenvalue weighted by Gasteiger charge is -2.33. The number of imidazole rings is 1. The molecule has 1 amide bonds. The quantitative estimate of drug-likeness (QED) is 0.744. The fourth-order valence-electron chi connectivity index (χ4n) is 3.04. The lowest BCUT2D eigenvalue weighted by Crippen LogP contribution is -2.48. The van der Waals surface area contributed by atoms with Crippen LogP contribution in [-0.4, -0.2) is 63.8 Å². The largest absolute Gasteiger partial charge is 0.364 e. The van der Waals surface area contributed by atoms with E-state index in [1.54, 1.807) is 7.05 Å². The Bertz CT molecular complexity index is 931. The first-order valence-electron chi connectivity index (χ1n) is 8.18. The van der Waals surface area contributed by atoms with Gasteiger partial charge in [0.15, 0.2) is 0 Å². The van der Waals surface area contributed by atoms with E-state index in [0.717, 1.165) is 4.57 Å². The average molecular weight is 402 g/mol. The molecular formula is C15H20F2N6O3S. The molecule has 0 unspecified atom stereocenters. The van der Waals surface area contributed by atoms with Gasteiger partial charge in [-0.2, -0.15) is 13.1 Å². The minimum atomic E-state index is -3.77. The minimum absolute atomic E-state index is 0.000457. The zero-order valence-electron chi connectivity index (χ0n) is 14.6. The Morgan fingerprint density at radius 2 is 1.96 bits per heavy atom. The van der Waals surface area contributed by atoms with Gasteiger partial charge in [0, 0.05) is 51.8 Å². The summed E-state index contributed by atoms with van der Waals surface area (Å²) < 4.78 is 54.8. The predicted octanol–water partition coefficient (Wildman–Crippen LogP) is 0.222. The summed E-state index contributed by atoms with van der Waals surface area (Å²) in [5.41, 5.74) is 5.33. The molecule has 3 heterocycles. The van der Waals surface area contributed by atoms with E-state index < -0.39 is 22.5 Å². The number of amides is 1. The van der Waals surface area contributed by atoms with Crippen molar-refractivity contribution in [2.75, 3.05) is 26.2 Å². The molecule has 0 bridgehead atoms. The van der Waals surface area contributed by atoms with Crippen molar-refractivity contribution in [2.45, 2.75) is 18.0 Å². The number of aryl methyl sites for hydroxylation is 1. The summed E-state index contributed by atoms with van der Waals surface area (Å²) in [5.74, 6) is -0.478. The number of piperazine rings is 1. The van der Waals surface area contributed by atoms with Crippen LogP contribution in [0.3, 0.4) is 0 Å². The summed E-state index contributed by atoms with van der Waals surface area (Å²) in [7, 11) is -2.22. The molecule has 0 aromatic carbocycles. The third-order valence-electron chi connectivity index (χ3n) is 4.53. The van der Waals surface area contributed by atoms with Crippen molar-refractivity contribution in [1.29, 1.82) is 0 Å². The number of carbonyl (C=O) groups excluding carboxylic acids is 1. The number of hydrogen-bond acceptors (Lipinski definition) is 5. The van der Waals surface area contributed by atoms with Gasteiger partial charge in [-0.3, -0.25) is 14.3 Å². The van der Waals surface area contributed by atoms with Gasteiger partial charge in [0.2, 0.25) is 10.0 Å². The zero-order chi connectivity index (χ0) is 19.8. The summed E-state index contributed by atoms with van der Waals surface area (Å²) in [5, 5.41) is 0. The molecule has 0 spiro atoms. The van der Waals surface area contributed by atoms with Crippen LogP contribution in [0.1, 0.15) is 22.9 Å². The van der Waals surface area contributed by atoms with Gasteiger partial charge in [-0.15, -0.1) is 0 Å². The Balaban J connectivity index is 1.67. The highest BCUT2D eigenvalue weighted by Crippen LogP contribution is 2.21. The molecule has 1 aliphatic rings. The van der Waals surface area contributed by atoms with Crippen LogP contribution >= 0.6 is 0 Å². The van der Waals surface area contributed by atoms with Crippen LogP contribution in [0.15, 0.2) is 29.6 Å². The van der Waals surface area contributed by atoms with Crippen LogP contribution in [0.2, 0.25) is 0 Å². The second kappa shape index (κ2) is 7.37. The van der Waals surface area contributed by atoms with E-state index in [9.17, 15) is 22.0 Å². The van der Waals surface area contributed by atoms with Gasteiger partial charge in [0.1, 0.15) is 16.4 Å². The number of aromatic nitrogens is 3. The number of alkyl halides is 2. The molecular weight excluding hydrogens is 382 g/mol.